The van der Waals surface area contributed by atoms with E-state index in [4.69, 9.17) is 16.3 Å². The smallest absolute Gasteiger partial charge is 0.293 e. The first-order valence-corrected chi connectivity index (χ1v) is 5.86. The van der Waals surface area contributed by atoms with Crippen LogP contribution in [0, 0.1) is 10.1 Å². The van der Waals surface area contributed by atoms with E-state index >= 15 is 0 Å². The zero-order valence-corrected chi connectivity index (χ0v) is 10.3. The van der Waals surface area contributed by atoms with Gasteiger partial charge in [0.25, 0.3) is 5.69 Å². The number of halogens is 1. The molecule has 0 saturated carbocycles. The Hall–Kier alpha value is -1.37. The molecule has 1 aliphatic rings. The van der Waals surface area contributed by atoms with Crippen LogP contribution in [0.3, 0.4) is 0 Å². The minimum absolute atomic E-state index is 0.106. The molecule has 18 heavy (non-hydrogen) atoms. The molecule has 0 aromatic heterocycles. The molecule has 1 aliphatic heterocycles. The van der Waals surface area contributed by atoms with Crippen molar-refractivity contribution < 1.29 is 14.8 Å². The van der Waals surface area contributed by atoms with Crippen LogP contribution in [0.25, 0.3) is 0 Å². The Bertz CT molecular complexity index is 460. The molecule has 0 amide bonds. The topological polar surface area (TPSA) is 84.6 Å². The number of nitrogens with zero attached hydrogens (tertiary/aromatic N) is 1. The second-order valence-electron chi connectivity index (χ2n) is 4.30. The van der Waals surface area contributed by atoms with Crippen molar-refractivity contribution in [3.63, 3.8) is 0 Å². The molecule has 1 unspecified atom stereocenters. The summed E-state index contributed by atoms with van der Waals surface area (Å²) in [6, 6.07) is 4.37. The Labute approximate surface area is 109 Å². The van der Waals surface area contributed by atoms with E-state index < -0.39 is 10.5 Å². The zero-order valence-electron chi connectivity index (χ0n) is 9.56. The van der Waals surface area contributed by atoms with Crippen molar-refractivity contribution in [2.24, 2.45) is 0 Å². The highest BCUT2D eigenvalue weighted by Crippen LogP contribution is 2.29. The average Bonchev–Trinajstić information content (AvgIpc) is 2.75. The molecule has 1 aromatic rings. The highest BCUT2D eigenvalue weighted by Gasteiger charge is 2.32. The SMILES string of the molecule is O=[N+]([O-])c1cc(Cl)ccc1NCC1(O)CCOC1. The number of nitrogens with one attached hydrogen (secondary N) is 1. The van der Waals surface area contributed by atoms with E-state index in [1.54, 1.807) is 6.07 Å². The summed E-state index contributed by atoms with van der Waals surface area (Å²) in [5.41, 5.74) is -0.734. The first-order valence-electron chi connectivity index (χ1n) is 5.48. The summed E-state index contributed by atoms with van der Waals surface area (Å²) in [7, 11) is 0. The molecular formula is C11H13ClN2O4. The predicted molar refractivity (Wildman–Crippen MR) is 67.0 cm³/mol. The number of anilines is 1. The van der Waals surface area contributed by atoms with Gasteiger partial charge in [-0.05, 0) is 12.1 Å². The maximum absolute atomic E-state index is 10.9. The third kappa shape index (κ3) is 2.90. The fourth-order valence-corrected chi connectivity index (χ4v) is 1.97. The van der Waals surface area contributed by atoms with Crippen LogP contribution in [-0.4, -0.2) is 35.4 Å². The van der Waals surface area contributed by atoms with Gasteiger partial charge in [0.1, 0.15) is 11.3 Å². The molecule has 1 aromatic carbocycles. The molecular weight excluding hydrogens is 260 g/mol. The number of hydrogen-bond donors (Lipinski definition) is 2. The Kier molecular flexibility index (Phi) is 3.70. The summed E-state index contributed by atoms with van der Waals surface area (Å²) >= 11 is 5.71. The van der Waals surface area contributed by atoms with E-state index in [0.29, 0.717) is 23.7 Å². The van der Waals surface area contributed by atoms with Gasteiger partial charge in [-0.3, -0.25) is 10.1 Å². The minimum Gasteiger partial charge on any atom is -0.386 e. The number of nitro groups is 1. The van der Waals surface area contributed by atoms with Crippen LogP contribution in [-0.2, 0) is 4.74 Å². The van der Waals surface area contributed by atoms with Gasteiger partial charge in [0.15, 0.2) is 0 Å². The van der Waals surface area contributed by atoms with Crippen LogP contribution in [0.2, 0.25) is 5.02 Å². The van der Waals surface area contributed by atoms with Gasteiger partial charge in [-0.15, -0.1) is 0 Å². The van der Waals surface area contributed by atoms with Gasteiger partial charge < -0.3 is 15.2 Å². The average molecular weight is 273 g/mol. The Morgan fingerprint density at radius 3 is 3.00 bits per heavy atom. The van der Waals surface area contributed by atoms with Gasteiger partial charge in [-0.25, -0.2) is 0 Å². The van der Waals surface area contributed by atoms with Crippen molar-refractivity contribution in [1.29, 1.82) is 0 Å². The van der Waals surface area contributed by atoms with Crippen molar-refractivity contribution in [3.05, 3.63) is 33.3 Å². The van der Waals surface area contributed by atoms with Gasteiger partial charge in [0.2, 0.25) is 0 Å². The normalized spacial score (nSPS) is 23.0. The summed E-state index contributed by atoms with van der Waals surface area (Å²) < 4.78 is 5.10. The van der Waals surface area contributed by atoms with Crippen LogP contribution < -0.4 is 5.32 Å². The van der Waals surface area contributed by atoms with Crippen molar-refractivity contribution in [2.45, 2.75) is 12.0 Å². The van der Waals surface area contributed by atoms with Crippen molar-refractivity contribution in [1.82, 2.24) is 0 Å². The monoisotopic (exact) mass is 272 g/mol. The van der Waals surface area contributed by atoms with Crippen LogP contribution >= 0.6 is 11.6 Å². The zero-order chi connectivity index (χ0) is 13.2. The van der Waals surface area contributed by atoms with E-state index in [2.05, 4.69) is 5.32 Å². The van der Waals surface area contributed by atoms with E-state index in [0.717, 1.165) is 0 Å². The number of rotatable bonds is 4. The lowest BCUT2D eigenvalue weighted by Crippen LogP contribution is -2.37. The second kappa shape index (κ2) is 5.09. The van der Waals surface area contributed by atoms with Crippen molar-refractivity contribution in [3.8, 4) is 0 Å². The molecule has 0 aliphatic carbocycles. The molecule has 0 spiro atoms. The van der Waals surface area contributed by atoms with E-state index in [-0.39, 0.29) is 18.8 Å². The van der Waals surface area contributed by atoms with Gasteiger partial charge in [-0.2, -0.15) is 0 Å². The number of nitro benzene ring substituents is 1. The molecule has 1 saturated heterocycles. The third-order valence-corrected chi connectivity index (χ3v) is 3.08. The minimum atomic E-state index is -0.965. The quantitative estimate of drug-likeness (QED) is 0.645. The van der Waals surface area contributed by atoms with Crippen molar-refractivity contribution in [2.75, 3.05) is 25.1 Å². The molecule has 0 radical (unpaired) electrons. The molecule has 98 valence electrons. The molecule has 2 N–H and O–H groups in total. The molecule has 1 heterocycles. The van der Waals surface area contributed by atoms with Crippen LogP contribution in [0.5, 0.6) is 0 Å². The van der Waals surface area contributed by atoms with Gasteiger partial charge in [0.05, 0.1) is 11.5 Å². The molecule has 6 nitrogen and oxygen atoms in total. The predicted octanol–water partition coefficient (Wildman–Crippen LogP) is 1.81. The molecule has 1 atom stereocenters. The van der Waals surface area contributed by atoms with E-state index in [9.17, 15) is 15.2 Å². The maximum Gasteiger partial charge on any atom is 0.293 e. The lowest BCUT2D eigenvalue weighted by molar-refractivity contribution is -0.384. The summed E-state index contributed by atoms with van der Waals surface area (Å²) in [4.78, 5) is 10.4. The standard InChI is InChI=1S/C11H13ClN2O4/c12-8-1-2-9(10(5-8)14(16)17)13-6-11(15)3-4-18-7-11/h1-2,5,13,15H,3-4,6-7H2. The molecule has 1 fully saturated rings. The fourth-order valence-electron chi connectivity index (χ4n) is 1.80. The Balaban J connectivity index is 2.11. The van der Waals surface area contributed by atoms with Crippen molar-refractivity contribution >= 4 is 23.0 Å². The van der Waals surface area contributed by atoms with Gasteiger partial charge >= 0.3 is 0 Å². The maximum atomic E-state index is 10.9. The number of benzene rings is 1. The van der Waals surface area contributed by atoms with Crippen LogP contribution in [0.1, 0.15) is 6.42 Å². The van der Waals surface area contributed by atoms with E-state index in [1.807, 2.05) is 0 Å². The van der Waals surface area contributed by atoms with Gasteiger partial charge in [-0.1, -0.05) is 11.6 Å². The Morgan fingerprint density at radius 1 is 1.61 bits per heavy atom. The highest BCUT2D eigenvalue weighted by molar-refractivity contribution is 6.30. The Morgan fingerprint density at radius 2 is 2.39 bits per heavy atom. The number of aliphatic hydroxyl groups is 1. The lowest BCUT2D eigenvalue weighted by Gasteiger charge is -2.21. The second-order valence-corrected chi connectivity index (χ2v) is 4.74. The molecule has 7 heteroatoms. The summed E-state index contributed by atoms with van der Waals surface area (Å²) in [6.45, 7) is 0.942. The third-order valence-electron chi connectivity index (χ3n) is 2.85. The summed E-state index contributed by atoms with van der Waals surface area (Å²) in [6.07, 6.45) is 0.515. The van der Waals surface area contributed by atoms with Gasteiger partial charge in [0, 0.05) is 30.7 Å². The molecule has 0 bridgehead atoms. The largest absolute Gasteiger partial charge is 0.386 e. The molecule has 2 rings (SSSR count). The summed E-state index contributed by atoms with van der Waals surface area (Å²) in [5, 5.41) is 24.1. The van der Waals surface area contributed by atoms with E-state index in [1.165, 1.54) is 12.1 Å². The van der Waals surface area contributed by atoms with Crippen LogP contribution in [0.4, 0.5) is 11.4 Å². The lowest BCUT2D eigenvalue weighted by atomic mass is 10.0. The van der Waals surface area contributed by atoms with Crippen LogP contribution in [0.15, 0.2) is 18.2 Å². The fraction of sp³-hybridized carbons (Fsp3) is 0.455. The highest BCUT2D eigenvalue weighted by atomic mass is 35.5. The number of hydrogen-bond acceptors (Lipinski definition) is 5. The first kappa shape index (κ1) is 13.1. The summed E-state index contributed by atoms with van der Waals surface area (Å²) in [5.74, 6) is 0. The first-order chi connectivity index (χ1) is 8.50. The number of ether oxygens (including phenoxy) is 1.